The van der Waals surface area contributed by atoms with Gasteiger partial charge in [-0.25, -0.2) is 9.97 Å². The Kier molecular flexibility index (Phi) is 4.78. The van der Waals surface area contributed by atoms with Crippen molar-refractivity contribution in [3.8, 4) is 0 Å². The third-order valence-corrected chi connectivity index (χ3v) is 3.27. The number of alkyl halides is 1. The highest BCUT2D eigenvalue weighted by Gasteiger charge is 2.21. The maximum Gasteiger partial charge on any atom is 0.225 e. The van der Waals surface area contributed by atoms with Crippen molar-refractivity contribution in [1.82, 2.24) is 9.97 Å². The number of nitrogens with zero attached hydrogens (tertiary/aromatic N) is 3. The van der Waals surface area contributed by atoms with Crippen LogP contribution in [0.25, 0.3) is 0 Å². The van der Waals surface area contributed by atoms with Gasteiger partial charge in [-0.2, -0.15) is 0 Å². The Morgan fingerprint density at radius 3 is 2.89 bits per heavy atom. The predicted octanol–water partition coefficient (Wildman–Crippen LogP) is 2.39. The average Bonchev–Trinajstić information content (AvgIpc) is 3.17. The number of rotatable bonds is 7. The first kappa shape index (κ1) is 13.6. The summed E-state index contributed by atoms with van der Waals surface area (Å²) in [4.78, 5) is 10.8. The van der Waals surface area contributed by atoms with Gasteiger partial charge in [-0.05, 0) is 31.7 Å². The van der Waals surface area contributed by atoms with Crippen molar-refractivity contribution in [2.24, 2.45) is 5.92 Å². The van der Waals surface area contributed by atoms with Crippen LogP contribution in [-0.4, -0.2) is 36.8 Å². The first-order valence-corrected chi connectivity index (χ1v) is 6.92. The summed E-state index contributed by atoms with van der Waals surface area (Å²) in [6.45, 7) is 4.38. The molecule has 0 amide bonds. The molecule has 0 spiro atoms. The summed E-state index contributed by atoms with van der Waals surface area (Å²) in [5, 5.41) is 0. The molecule has 0 saturated heterocycles. The molecule has 0 aliphatic heterocycles. The molecule has 0 bridgehead atoms. The molecule has 100 valence electrons. The number of likely N-dealkylation sites (N-methyl/N-ethyl adjacent to an activating group) is 1. The first-order chi connectivity index (χ1) is 8.69. The zero-order chi connectivity index (χ0) is 13.0. The van der Waals surface area contributed by atoms with Gasteiger partial charge in [-0.15, -0.1) is 11.6 Å². The summed E-state index contributed by atoms with van der Waals surface area (Å²) in [6, 6.07) is 1.91. The minimum Gasteiger partial charge on any atom is -0.379 e. The molecule has 0 radical (unpaired) electrons. The van der Waals surface area contributed by atoms with Gasteiger partial charge in [0.15, 0.2) is 0 Å². The second kappa shape index (κ2) is 6.34. The van der Waals surface area contributed by atoms with Crippen LogP contribution < -0.4 is 4.90 Å². The van der Waals surface area contributed by atoms with Crippen molar-refractivity contribution >= 4 is 17.5 Å². The fraction of sp³-hybridized carbons (Fsp3) is 0.692. The van der Waals surface area contributed by atoms with E-state index in [-0.39, 0.29) is 0 Å². The van der Waals surface area contributed by atoms with Crippen molar-refractivity contribution in [1.29, 1.82) is 0 Å². The van der Waals surface area contributed by atoms with Gasteiger partial charge in [-0.1, -0.05) is 0 Å². The number of halogens is 1. The lowest BCUT2D eigenvalue weighted by Gasteiger charge is -2.18. The topological polar surface area (TPSA) is 38.2 Å². The van der Waals surface area contributed by atoms with Crippen LogP contribution in [0, 0.1) is 12.8 Å². The maximum atomic E-state index is 5.81. The second-order valence-corrected chi connectivity index (χ2v) is 5.14. The van der Waals surface area contributed by atoms with Gasteiger partial charge in [0.05, 0.1) is 18.2 Å². The van der Waals surface area contributed by atoms with E-state index in [1.54, 1.807) is 0 Å². The normalized spacial score (nSPS) is 14.8. The average molecular weight is 270 g/mol. The molecule has 0 N–H and O–H groups in total. The van der Waals surface area contributed by atoms with Gasteiger partial charge in [0.2, 0.25) is 5.95 Å². The summed E-state index contributed by atoms with van der Waals surface area (Å²) < 4.78 is 5.61. The maximum absolute atomic E-state index is 5.81. The van der Waals surface area contributed by atoms with E-state index >= 15 is 0 Å². The van der Waals surface area contributed by atoms with Crippen LogP contribution in [-0.2, 0) is 10.6 Å². The Morgan fingerprint density at radius 2 is 2.22 bits per heavy atom. The van der Waals surface area contributed by atoms with E-state index in [0.29, 0.717) is 5.88 Å². The van der Waals surface area contributed by atoms with E-state index in [4.69, 9.17) is 16.3 Å². The molecule has 18 heavy (non-hydrogen) atoms. The van der Waals surface area contributed by atoms with E-state index < -0.39 is 0 Å². The lowest BCUT2D eigenvalue weighted by atomic mass is 10.3. The fourth-order valence-corrected chi connectivity index (χ4v) is 1.83. The molecule has 1 aliphatic rings. The lowest BCUT2D eigenvalue weighted by Crippen LogP contribution is -2.25. The summed E-state index contributed by atoms with van der Waals surface area (Å²) in [5.41, 5.74) is 1.81. The number of ether oxygens (including phenoxy) is 1. The number of aromatic nitrogens is 2. The fourth-order valence-electron chi connectivity index (χ4n) is 1.69. The van der Waals surface area contributed by atoms with Gasteiger partial charge in [0.25, 0.3) is 0 Å². The van der Waals surface area contributed by atoms with Crippen LogP contribution in [0.1, 0.15) is 24.2 Å². The van der Waals surface area contributed by atoms with E-state index in [2.05, 4.69) is 9.97 Å². The molecule has 1 aromatic heterocycles. The van der Waals surface area contributed by atoms with Crippen LogP contribution in [0.3, 0.4) is 0 Å². The number of anilines is 1. The zero-order valence-corrected chi connectivity index (χ0v) is 11.8. The van der Waals surface area contributed by atoms with Crippen LogP contribution >= 0.6 is 11.6 Å². The van der Waals surface area contributed by atoms with E-state index in [1.807, 2.05) is 24.9 Å². The lowest BCUT2D eigenvalue weighted by molar-refractivity contribution is 0.130. The molecular formula is C13H20ClN3O. The van der Waals surface area contributed by atoms with Crippen molar-refractivity contribution < 1.29 is 4.74 Å². The highest BCUT2D eigenvalue weighted by molar-refractivity contribution is 6.16. The molecule has 0 unspecified atom stereocenters. The molecule has 1 fully saturated rings. The molecule has 4 nitrogen and oxygen atoms in total. The minimum absolute atomic E-state index is 0.419. The molecule has 5 heteroatoms. The van der Waals surface area contributed by atoms with Gasteiger partial charge < -0.3 is 9.64 Å². The van der Waals surface area contributed by atoms with Crippen LogP contribution in [0.2, 0.25) is 0 Å². The van der Waals surface area contributed by atoms with E-state index in [0.717, 1.165) is 43.0 Å². The quantitative estimate of drug-likeness (QED) is 0.563. The number of hydrogen-bond donors (Lipinski definition) is 0. The largest absolute Gasteiger partial charge is 0.379 e. The van der Waals surface area contributed by atoms with Crippen LogP contribution in [0.15, 0.2) is 6.07 Å². The second-order valence-electron chi connectivity index (χ2n) is 4.87. The van der Waals surface area contributed by atoms with Crippen molar-refractivity contribution in [3.05, 3.63) is 17.5 Å². The number of aryl methyl sites for hydroxylation is 1. The van der Waals surface area contributed by atoms with Crippen molar-refractivity contribution in [2.75, 3.05) is 31.7 Å². The SMILES string of the molecule is Cc1cc(CCl)nc(N(C)CCOCC2CC2)n1. The van der Waals surface area contributed by atoms with Gasteiger partial charge in [0, 0.05) is 25.9 Å². The molecule has 1 aliphatic carbocycles. The Labute approximate surface area is 113 Å². The molecular weight excluding hydrogens is 250 g/mol. The highest BCUT2D eigenvalue weighted by atomic mass is 35.5. The molecule has 0 aromatic carbocycles. The molecule has 0 atom stereocenters. The molecule has 2 rings (SSSR count). The first-order valence-electron chi connectivity index (χ1n) is 6.38. The van der Waals surface area contributed by atoms with Crippen molar-refractivity contribution in [2.45, 2.75) is 25.6 Å². The summed E-state index contributed by atoms with van der Waals surface area (Å²) in [7, 11) is 1.98. The monoisotopic (exact) mass is 269 g/mol. The summed E-state index contributed by atoms with van der Waals surface area (Å²) in [6.07, 6.45) is 2.66. The molecule has 1 aromatic rings. The highest BCUT2D eigenvalue weighted by Crippen LogP contribution is 2.28. The third-order valence-electron chi connectivity index (χ3n) is 3.00. The standard InChI is InChI=1S/C13H20ClN3O/c1-10-7-12(8-14)16-13(15-10)17(2)5-6-18-9-11-3-4-11/h7,11H,3-6,8-9H2,1-2H3. The van der Waals surface area contributed by atoms with E-state index in [1.165, 1.54) is 12.8 Å². The van der Waals surface area contributed by atoms with Crippen LogP contribution in [0.5, 0.6) is 0 Å². The number of hydrogen-bond acceptors (Lipinski definition) is 4. The summed E-state index contributed by atoms with van der Waals surface area (Å²) >= 11 is 5.81. The Balaban J connectivity index is 1.82. The van der Waals surface area contributed by atoms with Gasteiger partial charge >= 0.3 is 0 Å². The molecule has 1 heterocycles. The Hall–Kier alpha value is -0.870. The van der Waals surface area contributed by atoms with Gasteiger partial charge in [-0.3, -0.25) is 0 Å². The summed E-state index contributed by atoms with van der Waals surface area (Å²) in [5.74, 6) is 1.96. The third kappa shape index (κ3) is 4.10. The minimum atomic E-state index is 0.419. The van der Waals surface area contributed by atoms with Crippen molar-refractivity contribution in [3.63, 3.8) is 0 Å². The van der Waals surface area contributed by atoms with Gasteiger partial charge in [0.1, 0.15) is 0 Å². The van der Waals surface area contributed by atoms with Crippen LogP contribution in [0.4, 0.5) is 5.95 Å². The predicted molar refractivity (Wildman–Crippen MR) is 73.1 cm³/mol. The van der Waals surface area contributed by atoms with E-state index in [9.17, 15) is 0 Å². The molecule has 1 saturated carbocycles. The Morgan fingerprint density at radius 1 is 1.44 bits per heavy atom. The zero-order valence-electron chi connectivity index (χ0n) is 11.0. The smallest absolute Gasteiger partial charge is 0.225 e. The Bertz CT molecular complexity index is 396.